The second-order valence-electron chi connectivity index (χ2n) is 3.55. The molecule has 0 radical (unpaired) electrons. The lowest BCUT2D eigenvalue weighted by Gasteiger charge is -2.22. The molecule has 0 unspecified atom stereocenters. The van der Waals surface area contributed by atoms with Gasteiger partial charge in [0, 0.05) is 12.2 Å². The van der Waals surface area contributed by atoms with Gasteiger partial charge in [-0.25, -0.2) is 0 Å². The zero-order valence-electron chi connectivity index (χ0n) is 8.82. The van der Waals surface area contributed by atoms with E-state index >= 15 is 0 Å². The van der Waals surface area contributed by atoms with Crippen LogP contribution in [0.1, 0.15) is 0 Å². The van der Waals surface area contributed by atoms with Crippen LogP contribution in [0.3, 0.4) is 0 Å². The van der Waals surface area contributed by atoms with Gasteiger partial charge in [0.2, 0.25) is 0 Å². The zero-order chi connectivity index (χ0) is 12.0. The molecule has 3 atom stereocenters. The molecule has 1 aromatic rings. The fourth-order valence-corrected chi connectivity index (χ4v) is 1.26. The summed E-state index contributed by atoms with van der Waals surface area (Å²) >= 11 is 0. The van der Waals surface area contributed by atoms with Crippen molar-refractivity contribution in [2.24, 2.45) is 0 Å². The predicted molar refractivity (Wildman–Crippen MR) is 60.0 cm³/mol. The van der Waals surface area contributed by atoms with Gasteiger partial charge in [0.25, 0.3) is 0 Å². The number of hydrogen-bond donors (Lipinski definition) is 5. The van der Waals surface area contributed by atoms with Crippen LogP contribution in [0.4, 0.5) is 5.69 Å². The number of aliphatic hydroxyl groups excluding tert-OH is 4. The van der Waals surface area contributed by atoms with Crippen LogP contribution >= 0.6 is 0 Å². The molecule has 5 heteroatoms. The molecule has 5 N–H and O–H groups in total. The lowest BCUT2D eigenvalue weighted by Crippen LogP contribution is -2.42. The quantitative estimate of drug-likeness (QED) is 0.437. The van der Waals surface area contributed by atoms with Crippen molar-refractivity contribution in [1.29, 1.82) is 0 Å². The van der Waals surface area contributed by atoms with Crippen LogP contribution < -0.4 is 5.32 Å². The molecular formula is C11H17NO4. The van der Waals surface area contributed by atoms with Crippen molar-refractivity contribution in [3.63, 3.8) is 0 Å². The molecule has 0 aromatic heterocycles. The van der Waals surface area contributed by atoms with E-state index in [1.54, 1.807) is 0 Å². The Bertz CT molecular complexity index is 293. The molecule has 0 fully saturated rings. The zero-order valence-corrected chi connectivity index (χ0v) is 8.82. The highest BCUT2D eigenvalue weighted by molar-refractivity contribution is 5.42. The number of rotatable bonds is 6. The first-order chi connectivity index (χ1) is 7.65. The van der Waals surface area contributed by atoms with Crippen LogP contribution in [-0.4, -0.2) is 51.9 Å². The van der Waals surface area contributed by atoms with Gasteiger partial charge in [-0.3, -0.25) is 0 Å². The maximum atomic E-state index is 9.50. The summed E-state index contributed by atoms with van der Waals surface area (Å²) in [6.07, 6.45) is -3.82. The minimum atomic E-state index is -1.36. The summed E-state index contributed by atoms with van der Waals surface area (Å²) in [6, 6.07) is 9.19. The lowest BCUT2D eigenvalue weighted by molar-refractivity contribution is -0.0715. The molecule has 0 saturated heterocycles. The Hall–Kier alpha value is -1.14. The van der Waals surface area contributed by atoms with Crippen molar-refractivity contribution >= 4 is 5.69 Å². The Morgan fingerprint density at radius 1 is 1.00 bits per heavy atom. The third-order valence-electron chi connectivity index (χ3n) is 2.26. The molecule has 1 aromatic carbocycles. The fourth-order valence-electron chi connectivity index (χ4n) is 1.26. The largest absolute Gasteiger partial charge is 0.394 e. The summed E-state index contributed by atoms with van der Waals surface area (Å²) in [4.78, 5) is 0. The first kappa shape index (κ1) is 12.9. The number of hydrogen-bond acceptors (Lipinski definition) is 5. The SMILES string of the molecule is OC[C@@H](O)[C@@H](O)[C@@H](O)CNc1ccccc1. The Balaban J connectivity index is 2.38. The highest BCUT2D eigenvalue weighted by atomic mass is 16.4. The third-order valence-corrected chi connectivity index (χ3v) is 2.26. The summed E-state index contributed by atoms with van der Waals surface area (Å²) in [5, 5.41) is 39.5. The topological polar surface area (TPSA) is 93.0 Å². The molecule has 0 spiro atoms. The highest BCUT2D eigenvalue weighted by Crippen LogP contribution is 2.06. The fraction of sp³-hybridized carbons (Fsp3) is 0.455. The van der Waals surface area contributed by atoms with E-state index in [0.29, 0.717) is 0 Å². The first-order valence-corrected chi connectivity index (χ1v) is 5.09. The normalized spacial score (nSPS) is 16.5. The maximum absolute atomic E-state index is 9.50. The smallest absolute Gasteiger partial charge is 0.110 e. The van der Waals surface area contributed by atoms with E-state index in [1.165, 1.54) is 0 Å². The maximum Gasteiger partial charge on any atom is 0.110 e. The van der Waals surface area contributed by atoms with Gasteiger partial charge in [0.05, 0.1) is 12.7 Å². The molecule has 0 amide bonds. The molecule has 16 heavy (non-hydrogen) atoms. The summed E-state index contributed by atoms with van der Waals surface area (Å²) < 4.78 is 0. The monoisotopic (exact) mass is 227 g/mol. The summed E-state index contributed by atoms with van der Waals surface area (Å²) in [5.74, 6) is 0. The molecule has 5 nitrogen and oxygen atoms in total. The number of anilines is 1. The van der Waals surface area contributed by atoms with E-state index in [2.05, 4.69) is 5.32 Å². The molecule has 90 valence electrons. The van der Waals surface area contributed by atoms with Gasteiger partial charge in [-0.1, -0.05) is 18.2 Å². The summed E-state index contributed by atoms with van der Waals surface area (Å²) in [6.45, 7) is -0.480. The predicted octanol–water partition coefficient (Wildman–Crippen LogP) is -0.827. The van der Waals surface area contributed by atoms with Crippen LogP contribution in [0.5, 0.6) is 0 Å². The third kappa shape index (κ3) is 3.79. The molecule has 0 saturated carbocycles. The molecule has 0 aliphatic heterocycles. The lowest BCUT2D eigenvalue weighted by atomic mass is 10.1. The van der Waals surface area contributed by atoms with Crippen LogP contribution in [0.15, 0.2) is 30.3 Å². The minimum Gasteiger partial charge on any atom is -0.394 e. The standard InChI is InChI=1S/C11H17NO4/c13-7-10(15)11(16)9(14)6-12-8-4-2-1-3-5-8/h1-5,9-16H,6-7H2/t9-,10+,11-/m0/s1. The average Bonchev–Trinajstić information content (AvgIpc) is 2.35. The van der Waals surface area contributed by atoms with Gasteiger partial charge < -0.3 is 25.7 Å². The van der Waals surface area contributed by atoms with E-state index < -0.39 is 24.9 Å². The Kier molecular flexibility index (Phi) is 5.21. The van der Waals surface area contributed by atoms with E-state index in [0.717, 1.165) is 5.69 Å². The van der Waals surface area contributed by atoms with Crippen LogP contribution in [-0.2, 0) is 0 Å². The molecule has 0 bridgehead atoms. The Morgan fingerprint density at radius 2 is 1.62 bits per heavy atom. The first-order valence-electron chi connectivity index (χ1n) is 5.09. The van der Waals surface area contributed by atoms with E-state index in [4.69, 9.17) is 10.2 Å². The molecular weight excluding hydrogens is 210 g/mol. The van der Waals surface area contributed by atoms with Gasteiger partial charge in [-0.05, 0) is 12.1 Å². The minimum absolute atomic E-state index is 0.0994. The van der Waals surface area contributed by atoms with Gasteiger partial charge in [0.15, 0.2) is 0 Å². The second kappa shape index (κ2) is 6.44. The Labute approximate surface area is 94.0 Å². The van der Waals surface area contributed by atoms with Crippen molar-refractivity contribution < 1.29 is 20.4 Å². The number of aliphatic hydroxyl groups is 4. The number of nitrogens with one attached hydrogen (secondary N) is 1. The summed E-state index contributed by atoms with van der Waals surface area (Å²) in [5.41, 5.74) is 0.812. The molecule has 0 heterocycles. The van der Waals surface area contributed by atoms with Gasteiger partial charge in [-0.2, -0.15) is 0 Å². The Morgan fingerprint density at radius 3 is 2.19 bits per heavy atom. The van der Waals surface area contributed by atoms with Crippen molar-refractivity contribution in [3.8, 4) is 0 Å². The van der Waals surface area contributed by atoms with Gasteiger partial charge in [-0.15, -0.1) is 0 Å². The molecule has 1 rings (SSSR count). The van der Waals surface area contributed by atoms with Crippen LogP contribution in [0, 0.1) is 0 Å². The van der Waals surface area contributed by atoms with E-state index in [-0.39, 0.29) is 6.54 Å². The molecule has 0 aliphatic rings. The van der Waals surface area contributed by atoms with Crippen LogP contribution in [0.25, 0.3) is 0 Å². The average molecular weight is 227 g/mol. The van der Waals surface area contributed by atoms with Crippen molar-refractivity contribution in [3.05, 3.63) is 30.3 Å². The summed E-state index contributed by atoms with van der Waals surface area (Å²) in [7, 11) is 0. The van der Waals surface area contributed by atoms with Crippen molar-refractivity contribution in [2.75, 3.05) is 18.5 Å². The van der Waals surface area contributed by atoms with Gasteiger partial charge in [0.1, 0.15) is 12.2 Å². The van der Waals surface area contributed by atoms with Crippen molar-refractivity contribution in [1.82, 2.24) is 0 Å². The van der Waals surface area contributed by atoms with Crippen molar-refractivity contribution in [2.45, 2.75) is 18.3 Å². The van der Waals surface area contributed by atoms with Crippen LogP contribution in [0.2, 0.25) is 0 Å². The number of benzene rings is 1. The molecule has 0 aliphatic carbocycles. The number of para-hydroxylation sites is 1. The highest BCUT2D eigenvalue weighted by Gasteiger charge is 2.23. The van der Waals surface area contributed by atoms with E-state index in [1.807, 2.05) is 30.3 Å². The van der Waals surface area contributed by atoms with E-state index in [9.17, 15) is 10.2 Å². The second-order valence-corrected chi connectivity index (χ2v) is 3.55. The van der Waals surface area contributed by atoms with Gasteiger partial charge >= 0.3 is 0 Å².